The van der Waals surface area contributed by atoms with Gasteiger partial charge < -0.3 is 19.7 Å². The summed E-state index contributed by atoms with van der Waals surface area (Å²) in [5.41, 5.74) is 0. The lowest BCUT2D eigenvalue weighted by atomic mass is 9.83. The van der Waals surface area contributed by atoms with Gasteiger partial charge in [-0.25, -0.2) is 0 Å². The van der Waals surface area contributed by atoms with E-state index in [0.29, 0.717) is 31.3 Å². The number of hydrogen-bond donors (Lipinski definition) is 2. The Morgan fingerprint density at radius 3 is 2.75 bits per heavy atom. The van der Waals surface area contributed by atoms with Crippen molar-refractivity contribution in [2.75, 3.05) is 6.61 Å². The molecule has 5 nitrogen and oxygen atoms in total. The topological polar surface area (TPSA) is 76.0 Å². The van der Waals surface area contributed by atoms with Crippen molar-refractivity contribution in [2.45, 2.75) is 102 Å². The van der Waals surface area contributed by atoms with Gasteiger partial charge in [-0.3, -0.25) is 4.79 Å². The second-order valence-electron chi connectivity index (χ2n) is 8.89. The van der Waals surface area contributed by atoms with Gasteiger partial charge in [0.15, 0.2) is 0 Å². The quantitative estimate of drug-likeness (QED) is 0.484. The maximum absolute atomic E-state index is 11.5. The Kier molecular flexibility index (Phi) is 8.36. The summed E-state index contributed by atoms with van der Waals surface area (Å²) in [6.07, 6.45) is 14.3. The van der Waals surface area contributed by atoms with Gasteiger partial charge in [0.25, 0.3) is 0 Å². The number of ether oxygens (including phenoxy) is 2. The Balaban J connectivity index is 1.45. The summed E-state index contributed by atoms with van der Waals surface area (Å²) >= 11 is 0. The highest BCUT2D eigenvalue weighted by molar-refractivity contribution is 5.69. The first kappa shape index (κ1) is 21.8. The summed E-state index contributed by atoms with van der Waals surface area (Å²) in [5.74, 6) is 0.676. The molecule has 160 valence electrons. The number of esters is 1. The number of carbonyl (C=O) groups excluding carboxylic acids is 1. The molecule has 2 N–H and O–H groups in total. The van der Waals surface area contributed by atoms with Crippen molar-refractivity contribution >= 4 is 5.97 Å². The van der Waals surface area contributed by atoms with Crippen LogP contribution >= 0.6 is 0 Å². The summed E-state index contributed by atoms with van der Waals surface area (Å²) in [6, 6.07) is 0. The molecule has 3 fully saturated rings. The molecule has 28 heavy (non-hydrogen) atoms. The van der Waals surface area contributed by atoms with Gasteiger partial charge in [-0.2, -0.15) is 0 Å². The summed E-state index contributed by atoms with van der Waals surface area (Å²) in [7, 11) is 0. The van der Waals surface area contributed by atoms with Crippen molar-refractivity contribution in [3.63, 3.8) is 0 Å². The second-order valence-corrected chi connectivity index (χ2v) is 8.89. The van der Waals surface area contributed by atoms with Crippen LogP contribution in [-0.2, 0) is 14.3 Å². The number of hydrogen-bond acceptors (Lipinski definition) is 5. The third-order valence-electron chi connectivity index (χ3n) is 6.95. The molecule has 1 aliphatic heterocycles. The normalized spacial score (nSPS) is 35.0. The molecular formula is C23H38O5. The van der Waals surface area contributed by atoms with Gasteiger partial charge in [0.2, 0.25) is 0 Å². The van der Waals surface area contributed by atoms with E-state index in [0.717, 1.165) is 38.5 Å². The van der Waals surface area contributed by atoms with E-state index in [2.05, 4.69) is 6.08 Å². The van der Waals surface area contributed by atoms with E-state index < -0.39 is 0 Å². The largest absolute Gasteiger partial charge is 0.466 e. The first-order valence-corrected chi connectivity index (χ1v) is 11.4. The van der Waals surface area contributed by atoms with Crippen LogP contribution < -0.4 is 0 Å². The van der Waals surface area contributed by atoms with E-state index in [9.17, 15) is 15.0 Å². The summed E-state index contributed by atoms with van der Waals surface area (Å²) in [5, 5.41) is 21.1. The van der Waals surface area contributed by atoms with Crippen molar-refractivity contribution in [3.05, 3.63) is 12.2 Å². The van der Waals surface area contributed by atoms with Crippen LogP contribution in [0.5, 0.6) is 0 Å². The Morgan fingerprint density at radius 1 is 1.21 bits per heavy atom. The third kappa shape index (κ3) is 5.80. The highest BCUT2D eigenvalue weighted by Gasteiger charge is 2.45. The molecule has 1 saturated heterocycles. The molecule has 0 aromatic carbocycles. The Morgan fingerprint density at radius 2 is 2.00 bits per heavy atom. The average Bonchev–Trinajstić information content (AvgIpc) is 3.01. The summed E-state index contributed by atoms with van der Waals surface area (Å²) in [4.78, 5) is 11.5. The van der Waals surface area contributed by atoms with Gasteiger partial charge in [-0.1, -0.05) is 31.4 Å². The molecule has 0 aromatic rings. The lowest BCUT2D eigenvalue weighted by molar-refractivity contribution is -0.143. The average molecular weight is 395 g/mol. The van der Waals surface area contributed by atoms with Crippen molar-refractivity contribution in [2.24, 2.45) is 17.8 Å². The van der Waals surface area contributed by atoms with Crippen LogP contribution in [0, 0.1) is 17.8 Å². The zero-order valence-corrected chi connectivity index (χ0v) is 17.3. The van der Waals surface area contributed by atoms with Crippen LogP contribution in [0.1, 0.15) is 77.6 Å². The van der Waals surface area contributed by atoms with Gasteiger partial charge in [-0.05, 0) is 57.3 Å². The fraction of sp³-hybridized carbons (Fsp3) is 0.870. The number of fused-ring (bicyclic) bond motifs is 1. The van der Waals surface area contributed by atoms with E-state index >= 15 is 0 Å². The van der Waals surface area contributed by atoms with Crippen LogP contribution in [0.25, 0.3) is 0 Å². The molecule has 2 aliphatic carbocycles. The maximum atomic E-state index is 11.5. The molecule has 0 bridgehead atoms. The van der Waals surface area contributed by atoms with E-state index in [1.54, 1.807) is 0 Å². The zero-order chi connectivity index (χ0) is 19.9. The Labute approximate surface area is 169 Å². The number of aliphatic hydroxyl groups excluding tert-OH is 2. The van der Waals surface area contributed by atoms with Gasteiger partial charge in [0.05, 0.1) is 31.0 Å². The molecule has 2 saturated carbocycles. The molecular weight excluding hydrogens is 356 g/mol. The van der Waals surface area contributed by atoms with Gasteiger partial charge >= 0.3 is 5.97 Å². The van der Waals surface area contributed by atoms with E-state index in [-0.39, 0.29) is 36.3 Å². The SMILES string of the molecule is CCOC(=O)CCCC1CC[C@@H]2[C@@H](/C=C/C(O)C3CCCCC3)[C@H](O)C[C@H]2O1. The van der Waals surface area contributed by atoms with Gasteiger partial charge in [-0.15, -0.1) is 0 Å². The van der Waals surface area contributed by atoms with Crippen LogP contribution in [0.15, 0.2) is 12.2 Å². The van der Waals surface area contributed by atoms with Crippen LogP contribution in [-0.4, -0.2) is 47.2 Å². The minimum atomic E-state index is -0.386. The van der Waals surface area contributed by atoms with Crippen LogP contribution in [0.2, 0.25) is 0 Å². The van der Waals surface area contributed by atoms with Crippen LogP contribution in [0.4, 0.5) is 0 Å². The number of aliphatic hydroxyl groups is 2. The van der Waals surface area contributed by atoms with Crippen molar-refractivity contribution < 1.29 is 24.5 Å². The molecule has 1 heterocycles. The molecule has 0 spiro atoms. The molecule has 0 amide bonds. The fourth-order valence-corrected chi connectivity index (χ4v) is 5.40. The van der Waals surface area contributed by atoms with Crippen molar-refractivity contribution in [1.82, 2.24) is 0 Å². The maximum Gasteiger partial charge on any atom is 0.305 e. The lowest BCUT2D eigenvalue weighted by Gasteiger charge is -2.34. The Bertz CT molecular complexity index is 513. The Hall–Kier alpha value is -0.910. The highest BCUT2D eigenvalue weighted by atomic mass is 16.5. The minimum absolute atomic E-state index is 0.0868. The standard InChI is InChI=1S/C23H38O5/c1-2-27-23(26)10-6-9-17-11-12-19-18(21(25)15-22(19)28-17)13-14-20(24)16-7-4-3-5-8-16/h13-14,16-22,24-25H,2-12,15H2,1H3/b14-13+/t17?,18-,19-,20?,21-,22-/m1/s1. The molecule has 3 rings (SSSR count). The fourth-order valence-electron chi connectivity index (χ4n) is 5.40. The van der Waals surface area contributed by atoms with E-state index in [1.807, 2.05) is 13.0 Å². The van der Waals surface area contributed by atoms with Gasteiger partial charge in [0, 0.05) is 18.8 Å². The first-order valence-electron chi connectivity index (χ1n) is 11.4. The smallest absolute Gasteiger partial charge is 0.305 e. The lowest BCUT2D eigenvalue weighted by Crippen LogP contribution is -2.34. The number of rotatable bonds is 8. The predicted molar refractivity (Wildman–Crippen MR) is 108 cm³/mol. The first-order chi connectivity index (χ1) is 13.6. The van der Waals surface area contributed by atoms with E-state index in [4.69, 9.17) is 9.47 Å². The highest BCUT2D eigenvalue weighted by Crippen LogP contribution is 2.43. The minimum Gasteiger partial charge on any atom is -0.466 e. The van der Waals surface area contributed by atoms with E-state index in [1.165, 1.54) is 19.3 Å². The molecule has 2 unspecified atom stereocenters. The summed E-state index contributed by atoms with van der Waals surface area (Å²) in [6.45, 7) is 2.26. The van der Waals surface area contributed by atoms with Gasteiger partial charge in [0.1, 0.15) is 0 Å². The summed E-state index contributed by atoms with van der Waals surface area (Å²) < 4.78 is 11.2. The third-order valence-corrected chi connectivity index (χ3v) is 6.95. The second kappa shape index (κ2) is 10.7. The monoisotopic (exact) mass is 394 g/mol. The number of carbonyl (C=O) groups is 1. The zero-order valence-electron chi connectivity index (χ0n) is 17.3. The van der Waals surface area contributed by atoms with Crippen molar-refractivity contribution in [1.29, 1.82) is 0 Å². The van der Waals surface area contributed by atoms with Crippen molar-refractivity contribution in [3.8, 4) is 0 Å². The molecule has 3 aliphatic rings. The molecule has 6 atom stereocenters. The molecule has 0 radical (unpaired) electrons. The van der Waals surface area contributed by atoms with Crippen LogP contribution in [0.3, 0.4) is 0 Å². The molecule has 5 heteroatoms. The predicted octanol–water partition coefficient (Wildman–Crippen LogP) is 3.76. The molecule has 0 aromatic heterocycles.